The van der Waals surface area contributed by atoms with Gasteiger partial charge in [-0.3, -0.25) is 4.79 Å². The topological polar surface area (TPSA) is 110 Å². The second-order valence-corrected chi connectivity index (χ2v) is 8.62. The van der Waals surface area contributed by atoms with E-state index in [-0.39, 0.29) is 11.9 Å². The van der Waals surface area contributed by atoms with Gasteiger partial charge >= 0.3 is 0 Å². The monoisotopic (exact) mass is 433 g/mol. The summed E-state index contributed by atoms with van der Waals surface area (Å²) in [6, 6.07) is 13.5. The zero-order valence-corrected chi connectivity index (χ0v) is 17.7. The van der Waals surface area contributed by atoms with Crippen LogP contribution in [0.2, 0.25) is 0 Å². The molecule has 0 aliphatic carbocycles. The number of nitrogens with zero attached hydrogens (tertiary/aromatic N) is 2. The largest absolute Gasteiger partial charge is 0.464 e. The lowest BCUT2D eigenvalue weighted by atomic mass is 10.1. The second kappa shape index (κ2) is 8.05. The average Bonchev–Trinajstić information content (AvgIpc) is 3.41. The number of rotatable bonds is 4. The Kier molecular flexibility index (Phi) is 5.09. The molecule has 158 valence electrons. The molecule has 0 saturated carbocycles. The Labute approximate surface area is 183 Å². The predicted octanol–water partition coefficient (Wildman–Crippen LogP) is 4.32. The van der Waals surface area contributed by atoms with Crippen molar-refractivity contribution in [3.63, 3.8) is 0 Å². The quantitative estimate of drug-likeness (QED) is 0.414. The van der Waals surface area contributed by atoms with Crippen molar-refractivity contribution in [1.29, 1.82) is 0 Å². The number of nitrogen functional groups attached to an aromatic ring is 1. The van der Waals surface area contributed by atoms with E-state index in [1.165, 1.54) is 11.3 Å². The van der Waals surface area contributed by atoms with Gasteiger partial charge in [-0.2, -0.15) is 0 Å². The van der Waals surface area contributed by atoms with Gasteiger partial charge in [-0.25, -0.2) is 4.98 Å². The number of benzene rings is 2. The lowest BCUT2D eigenvalue weighted by Crippen LogP contribution is -2.43. The summed E-state index contributed by atoms with van der Waals surface area (Å²) in [4.78, 5) is 19.8. The first-order valence-corrected chi connectivity index (χ1v) is 11.1. The second-order valence-electron chi connectivity index (χ2n) is 7.76. The summed E-state index contributed by atoms with van der Waals surface area (Å²) in [7, 11) is 0. The molecule has 0 bridgehead atoms. The van der Waals surface area contributed by atoms with Gasteiger partial charge in [-0.15, -0.1) is 11.3 Å². The van der Waals surface area contributed by atoms with E-state index in [9.17, 15) is 4.79 Å². The number of hydrogen-bond donors (Lipinski definition) is 3. The van der Waals surface area contributed by atoms with E-state index < -0.39 is 0 Å². The minimum atomic E-state index is -0.275. The van der Waals surface area contributed by atoms with Crippen LogP contribution in [0.15, 0.2) is 58.5 Å². The Morgan fingerprint density at radius 2 is 2.13 bits per heavy atom. The summed E-state index contributed by atoms with van der Waals surface area (Å²) in [6.45, 7) is 1.65. The van der Waals surface area contributed by atoms with Gasteiger partial charge in [0.05, 0.1) is 16.9 Å². The third kappa shape index (κ3) is 3.87. The van der Waals surface area contributed by atoms with Gasteiger partial charge in [0.25, 0.3) is 5.91 Å². The van der Waals surface area contributed by atoms with Crippen molar-refractivity contribution in [3.8, 4) is 10.6 Å². The molecule has 1 aliphatic rings. The van der Waals surface area contributed by atoms with E-state index in [1.54, 1.807) is 17.7 Å². The van der Waals surface area contributed by atoms with Crippen LogP contribution in [0.5, 0.6) is 0 Å². The number of amides is 1. The number of hydrogen-bond acceptors (Lipinski definition) is 7. The van der Waals surface area contributed by atoms with Crippen LogP contribution in [-0.2, 0) is 0 Å². The number of aromatic nitrogens is 1. The summed E-state index contributed by atoms with van der Waals surface area (Å²) >= 11 is 1.41. The standard InChI is InChI=1S/C23H23N5O2S/c24-14-7-8-20(28-9-3-4-15(25)11-28)18(10-14)26-22(29)19-13-31-23(27-19)17-12-30-21-6-2-1-5-16(17)21/h1-2,5-8,10,12-13,15H,3-4,9,11,24-25H2,(H,26,29)/t15-/m1/s1. The number of carbonyl (C=O) groups excluding carboxylic acids is 1. The molecule has 4 aromatic rings. The van der Waals surface area contributed by atoms with E-state index >= 15 is 0 Å². The van der Waals surface area contributed by atoms with E-state index in [0.717, 1.165) is 53.2 Å². The first-order valence-electron chi connectivity index (χ1n) is 10.2. The van der Waals surface area contributed by atoms with Gasteiger partial charge in [0.15, 0.2) is 0 Å². The van der Waals surface area contributed by atoms with E-state index in [0.29, 0.717) is 17.1 Å². The number of nitrogens with two attached hydrogens (primary N) is 2. The summed E-state index contributed by atoms with van der Waals surface area (Å²) in [5, 5.41) is 6.47. The number of fused-ring (bicyclic) bond motifs is 1. The highest BCUT2D eigenvalue weighted by atomic mass is 32.1. The third-order valence-electron chi connectivity index (χ3n) is 5.52. The number of furan rings is 1. The van der Waals surface area contributed by atoms with Gasteiger partial charge < -0.3 is 26.1 Å². The molecule has 1 amide bonds. The molecule has 2 aromatic heterocycles. The zero-order valence-electron chi connectivity index (χ0n) is 16.9. The Bertz CT molecular complexity index is 1250. The highest BCUT2D eigenvalue weighted by molar-refractivity contribution is 7.13. The van der Waals surface area contributed by atoms with Crippen molar-refractivity contribution >= 4 is 45.3 Å². The van der Waals surface area contributed by atoms with Crippen LogP contribution in [0.1, 0.15) is 23.3 Å². The smallest absolute Gasteiger partial charge is 0.275 e. The van der Waals surface area contributed by atoms with Crippen LogP contribution in [0.25, 0.3) is 21.5 Å². The van der Waals surface area contributed by atoms with E-state index in [4.69, 9.17) is 15.9 Å². The van der Waals surface area contributed by atoms with Gasteiger partial charge in [0.1, 0.15) is 22.5 Å². The molecular weight excluding hydrogens is 410 g/mol. The van der Waals surface area contributed by atoms with Gasteiger partial charge in [0, 0.05) is 35.6 Å². The molecule has 1 atom stereocenters. The molecule has 1 saturated heterocycles. The Morgan fingerprint density at radius 3 is 3.00 bits per heavy atom. The zero-order chi connectivity index (χ0) is 21.4. The summed E-state index contributed by atoms with van der Waals surface area (Å²) < 4.78 is 5.61. The number of thiazole rings is 1. The number of anilines is 3. The highest BCUT2D eigenvalue weighted by Crippen LogP contribution is 2.34. The summed E-state index contributed by atoms with van der Waals surface area (Å²) in [5.41, 5.74) is 16.4. The van der Waals surface area contributed by atoms with Crippen LogP contribution in [-0.4, -0.2) is 30.0 Å². The maximum absolute atomic E-state index is 13.0. The Balaban J connectivity index is 1.40. The molecule has 7 nitrogen and oxygen atoms in total. The fraction of sp³-hybridized carbons (Fsp3) is 0.217. The molecule has 5 N–H and O–H groups in total. The van der Waals surface area contributed by atoms with Crippen molar-refractivity contribution in [2.75, 3.05) is 29.0 Å². The predicted molar refractivity (Wildman–Crippen MR) is 126 cm³/mol. The van der Waals surface area contributed by atoms with E-state index in [1.807, 2.05) is 36.4 Å². The number of nitrogens with one attached hydrogen (secondary N) is 1. The van der Waals surface area contributed by atoms with Gasteiger partial charge in [-0.05, 0) is 37.1 Å². The minimum absolute atomic E-state index is 0.126. The van der Waals surface area contributed by atoms with Crippen LogP contribution in [0.4, 0.5) is 17.1 Å². The minimum Gasteiger partial charge on any atom is -0.464 e. The lowest BCUT2D eigenvalue weighted by molar-refractivity contribution is 0.102. The van der Waals surface area contributed by atoms with Crippen molar-refractivity contribution in [1.82, 2.24) is 4.98 Å². The Hall–Kier alpha value is -3.36. The first kappa shape index (κ1) is 19.6. The fourth-order valence-electron chi connectivity index (χ4n) is 3.99. The molecular formula is C23H23N5O2S. The molecule has 5 rings (SSSR count). The summed E-state index contributed by atoms with van der Waals surface area (Å²) in [6.07, 6.45) is 3.71. The molecule has 31 heavy (non-hydrogen) atoms. The van der Waals surface area contributed by atoms with Crippen LogP contribution >= 0.6 is 11.3 Å². The average molecular weight is 434 g/mol. The van der Waals surface area contributed by atoms with Crippen LogP contribution in [0, 0.1) is 0 Å². The Morgan fingerprint density at radius 1 is 1.26 bits per heavy atom. The van der Waals surface area contributed by atoms with Crippen molar-refractivity contribution in [2.45, 2.75) is 18.9 Å². The number of piperidine rings is 1. The number of para-hydroxylation sites is 1. The molecule has 0 radical (unpaired) electrons. The van der Waals surface area contributed by atoms with E-state index in [2.05, 4.69) is 15.2 Å². The maximum Gasteiger partial charge on any atom is 0.275 e. The number of carbonyl (C=O) groups is 1. The first-order chi connectivity index (χ1) is 15.1. The molecule has 3 heterocycles. The molecule has 1 aliphatic heterocycles. The maximum atomic E-state index is 13.0. The highest BCUT2D eigenvalue weighted by Gasteiger charge is 2.21. The molecule has 1 fully saturated rings. The van der Waals surface area contributed by atoms with Crippen molar-refractivity contribution in [2.24, 2.45) is 5.73 Å². The molecule has 2 aromatic carbocycles. The van der Waals surface area contributed by atoms with Crippen molar-refractivity contribution in [3.05, 3.63) is 59.8 Å². The molecule has 8 heteroatoms. The van der Waals surface area contributed by atoms with Crippen LogP contribution < -0.4 is 21.7 Å². The van der Waals surface area contributed by atoms with Crippen LogP contribution in [0.3, 0.4) is 0 Å². The molecule has 0 spiro atoms. The normalized spacial score (nSPS) is 16.5. The lowest BCUT2D eigenvalue weighted by Gasteiger charge is -2.34. The van der Waals surface area contributed by atoms with Crippen molar-refractivity contribution < 1.29 is 9.21 Å². The third-order valence-corrected chi connectivity index (χ3v) is 6.39. The fourth-order valence-corrected chi connectivity index (χ4v) is 4.81. The summed E-state index contributed by atoms with van der Waals surface area (Å²) in [5.74, 6) is -0.275. The van der Waals surface area contributed by atoms with Gasteiger partial charge in [-0.1, -0.05) is 18.2 Å². The SMILES string of the molecule is Nc1ccc(N2CCC[C@@H](N)C2)c(NC(=O)c2csc(-c3coc4ccccc34)n2)c1. The molecule has 0 unspecified atom stereocenters. The van der Waals surface area contributed by atoms with Gasteiger partial charge in [0.2, 0.25) is 0 Å².